The number of fused-ring (bicyclic) bond motifs is 1. The van der Waals surface area contributed by atoms with Crippen molar-refractivity contribution in [3.63, 3.8) is 0 Å². The third kappa shape index (κ3) is 3.80. The number of nitrogens with one attached hydrogen (secondary N) is 1. The van der Waals surface area contributed by atoms with Crippen LogP contribution in [0.1, 0.15) is 58.3 Å². The predicted octanol–water partition coefficient (Wildman–Crippen LogP) is 2.64. The molecule has 3 nitrogen and oxygen atoms in total. The molecule has 1 heterocycles. The summed E-state index contributed by atoms with van der Waals surface area (Å²) in [7, 11) is 0. The van der Waals surface area contributed by atoms with Gasteiger partial charge in [-0.3, -0.25) is 0 Å². The molecule has 0 amide bonds. The third-order valence-electron chi connectivity index (χ3n) is 6.20. The summed E-state index contributed by atoms with van der Waals surface area (Å²) in [6.45, 7) is 7.11. The second-order valence-corrected chi connectivity index (χ2v) is 7.75. The molecule has 2 aliphatic carbocycles. The van der Waals surface area contributed by atoms with E-state index in [0.29, 0.717) is 5.92 Å². The Morgan fingerprint density at radius 1 is 1.05 bits per heavy atom. The Bertz CT molecular complexity index is 322. The van der Waals surface area contributed by atoms with E-state index in [1.807, 2.05) is 0 Å². The second kappa shape index (κ2) is 7.43. The highest BCUT2D eigenvalue weighted by molar-refractivity contribution is 4.95. The molecule has 1 saturated heterocycles. The zero-order valence-corrected chi connectivity index (χ0v) is 13.8. The first kappa shape index (κ1) is 15.8. The van der Waals surface area contributed by atoms with Crippen molar-refractivity contribution in [1.82, 2.24) is 10.2 Å². The molecule has 21 heavy (non-hydrogen) atoms. The maximum absolute atomic E-state index is 10.1. The number of aliphatic hydroxyl groups excluding tert-OH is 1. The molecule has 0 spiro atoms. The highest BCUT2D eigenvalue weighted by Gasteiger charge is 2.42. The van der Waals surface area contributed by atoms with E-state index in [0.717, 1.165) is 30.8 Å². The quantitative estimate of drug-likeness (QED) is 0.765. The molecule has 5 unspecified atom stereocenters. The van der Waals surface area contributed by atoms with Crippen LogP contribution in [0.2, 0.25) is 0 Å². The molecular weight excluding hydrogens is 260 g/mol. The standard InChI is InChI=1S/C18H34N2O/c1-2-10-19-17-7-5-3-4-6-15(17)12-20-11-14-8-9-18(21)16(14)13-20/h14-19,21H,2-13H2,1H3. The van der Waals surface area contributed by atoms with E-state index in [2.05, 4.69) is 17.1 Å². The lowest BCUT2D eigenvalue weighted by atomic mass is 9.94. The van der Waals surface area contributed by atoms with Crippen LogP contribution in [0.4, 0.5) is 0 Å². The van der Waals surface area contributed by atoms with E-state index in [1.54, 1.807) is 0 Å². The first-order valence-corrected chi connectivity index (χ1v) is 9.41. The number of nitrogens with zero attached hydrogens (tertiary/aromatic N) is 1. The summed E-state index contributed by atoms with van der Waals surface area (Å²) in [5.41, 5.74) is 0. The lowest BCUT2D eigenvalue weighted by Crippen LogP contribution is -2.42. The summed E-state index contributed by atoms with van der Waals surface area (Å²) in [6, 6.07) is 0.734. The maximum Gasteiger partial charge on any atom is 0.0583 e. The van der Waals surface area contributed by atoms with Crippen molar-refractivity contribution in [3.05, 3.63) is 0 Å². The van der Waals surface area contributed by atoms with Gasteiger partial charge < -0.3 is 15.3 Å². The lowest BCUT2D eigenvalue weighted by Gasteiger charge is -2.30. The highest BCUT2D eigenvalue weighted by atomic mass is 16.3. The molecular formula is C18H34N2O. The molecule has 2 N–H and O–H groups in total. The Balaban J connectivity index is 1.54. The summed E-state index contributed by atoms with van der Waals surface area (Å²) < 4.78 is 0. The monoisotopic (exact) mass is 294 g/mol. The van der Waals surface area contributed by atoms with Crippen LogP contribution in [0.15, 0.2) is 0 Å². The van der Waals surface area contributed by atoms with Crippen LogP contribution < -0.4 is 5.32 Å². The van der Waals surface area contributed by atoms with Crippen LogP contribution in [0.3, 0.4) is 0 Å². The van der Waals surface area contributed by atoms with Crippen molar-refractivity contribution in [2.24, 2.45) is 17.8 Å². The van der Waals surface area contributed by atoms with Crippen LogP contribution in [0.25, 0.3) is 0 Å². The largest absolute Gasteiger partial charge is 0.393 e. The van der Waals surface area contributed by atoms with Gasteiger partial charge in [0.25, 0.3) is 0 Å². The zero-order chi connectivity index (χ0) is 14.7. The number of rotatable bonds is 5. The Morgan fingerprint density at radius 3 is 2.71 bits per heavy atom. The predicted molar refractivity (Wildman–Crippen MR) is 87.3 cm³/mol. The van der Waals surface area contributed by atoms with E-state index in [-0.39, 0.29) is 6.10 Å². The van der Waals surface area contributed by atoms with Crippen molar-refractivity contribution in [1.29, 1.82) is 0 Å². The summed E-state index contributed by atoms with van der Waals surface area (Å²) >= 11 is 0. The van der Waals surface area contributed by atoms with Gasteiger partial charge in [0.05, 0.1) is 6.10 Å². The molecule has 0 aromatic rings. The van der Waals surface area contributed by atoms with Gasteiger partial charge in [-0.05, 0) is 50.5 Å². The fraction of sp³-hybridized carbons (Fsp3) is 1.00. The molecule has 2 saturated carbocycles. The normalized spacial score (nSPS) is 41.1. The van der Waals surface area contributed by atoms with Crippen LogP contribution in [0.5, 0.6) is 0 Å². The number of hydrogen-bond donors (Lipinski definition) is 2. The van der Waals surface area contributed by atoms with Gasteiger partial charge in [0.2, 0.25) is 0 Å². The molecule has 0 aromatic carbocycles. The van der Waals surface area contributed by atoms with E-state index in [4.69, 9.17) is 0 Å². The van der Waals surface area contributed by atoms with Crippen LogP contribution >= 0.6 is 0 Å². The summed E-state index contributed by atoms with van der Waals surface area (Å²) in [5, 5.41) is 13.9. The number of aliphatic hydroxyl groups is 1. The van der Waals surface area contributed by atoms with Gasteiger partial charge in [-0.2, -0.15) is 0 Å². The topological polar surface area (TPSA) is 35.5 Å². The van der Waals surface area contributed by atoms with Gasteiger partial charge in [0.15, 0.2) is 0 Å². The second-order valence-electron chi connectivity index (χ2n) is 7.75. The first-order valence-electron chi connectivity index (χ1n) is 9.41. The van der Waals surface area contributed by atoms with E-state index >= 15 is 0 Å². The van der Waals surface area contributed by atoms with Gasteiger partial charge in [-0.1, -0.05) is 26.2 Å². The third-order valence-corrected chi connectivity index (χ3v) is 6.20. The number of likely N-dealkylation sites (tertiary alicyclic amines) is 1. The summed E-state index contributed by atoms with van der Waals surface area (Å²) in [4.78, 5) is 2.67. The van der Waals surface area contributed by atoms with E-state index in [9.17, 15) is 5.11 Å². The minimum absolute atomic E-state index is 0.0110. The van der Waals surface area contributed by atoms with Crippen molar-refractivity contribution in [3.8, 4) is 0 Å². The molecule has 1 aliphatic heterocycles. The lowest BCUT2D eigenvalue weighted by molar-refractivity contribution is 0.120. The highest BCUT2D eigenvalue weighted by Crippen LogP contribution is 2.39. The Morgan fingerprint density at radius 2 is 1.90 bits per heavy atom. The molecule has 0 radical (unpaired) electrons. The summed E-state index contributed by atoms with van der Waals surface area (Å²) in [6.07, 6.45) is 10.5. The van der Waals surface area contributed by atoms with Gasteiger partial charge in [-0.25, -0.2) is 0 Å². The average molecular weight is 294 g/mol. The SMILES string of the molecule is CCCNC1CCCCCC1CN1CC2CCC(O)C2C1. The van der Waals surface area contributed by atoms with Gasteiger partial charge >= 0.3 is 0 Å². The molecule has 3 aliphatic rings. The van der Waals surface area contributed by atoms with Gasteiger partial charge in [0, 0.05) is 31.6 Å². The molecule has 0 aromatic heterocycles. The number of hydrogen-bond acceptors (Lipinski definition) is 3. The zero-order valence-electron chi connectivity index (χ0n) is 13.8. The molecule has 3 rings (SSSR count). The van der Waals surface area contributed by atoms with Crippen LogP contribution in [0, 0.1) is 17.8 Å². The Kier molecular flexibility index (Phi) is 5.58. The van der Waals surface area contributed by atoms with E-state index < -0.39 is 0 Å². The molecule has 122 valence electrons. The Hall–Kier alpha value is -0.120. The smallest absolute Gasteiger partial charge is 0.0583 e. The van der Waals surface area contributed by atoms with Gasteiger partial charge in [-0.15, -0.1) is 0 Å². The van der Waals surface area contributed by atoms with Gasteiger partial charge in [0.1, 0.15) is 0 Å². The van der Waals surface area contributed by atoms with Crippen molar-refractivity contribution in [2.45, 2.75) is 70.4 Å². The van der Waals surface area contributed by atoms with Crippen LogP contribution in [-0.4, -0.2) is 48.3 Å². The minimum Gasteiger partial charge on any atom is -0.393 e. The summed E-state index contributed by atoms with van der Waals surface area (Å²) in [5.74, 6) is 2.20. The van der Waals surface area contributed by atoms with E-state index in [1.165, 1.54) is 64.6 Å². The Labute approximate surface area is 130 Å². The van der Waals surface area contributed by atoms with Crippen LogP contribution in [-0.2, 0) is 0 Å². The molecule has 3 heteroatoms. The fourth-order valence-corrected chi connectivity index (χ4v) is 5.01. The van der Waals surface area contributed by atoms with Crippen molar-refractivity contribution >= 4 is 0 Å². The average Bonchev–Trinajstić information content (AvgIpc) is 2.94. The fourth-order valence-electron chi connectivity index (χ4n) is 5.01. The minimum atomic E-state index is -0.0110. The van der Waals surface area contributed by atoms with Crippen molar-refractivity contribution < 1.29 is 5.11 Å². The molecule has 0 bridgehead atoms. The first-order chi connectivity index (χ1) is 10.3. The van der Waals surface area contributed by atoms with Crippen molar-refractivity contribution in [2.75, 3.05) is 26.2 Å². The molecule has 3 fully saturated rings. The maximum atomic E-state index is 10.1. The molecule has 5 atom stereocenters.